The molecule has 0 saturated heterocycles. The predicted octanol–water partition coefficient (Wildman–Crippen LogP) is 5.68. The Morgan fingerprint density at radius 3 is 2.44 bits per heavy atom. The number of aryl methyl sites for hydroxylation is 2. The Morgan fingerprint density at radius 2 is 1.67 bits per heavy atom. The lowest BCUT2D eigenvalue weighted by Gasteiger charge is -2.45. The molecule has 3 heteroatoms. The number of aliphatic imine (C=N–C) groups is 1. The zero-order valence-corrected chi connectivity index (χ0v) is 16.5. The number of anilines is 1. The molecule has 0 amide bonds. The van der Waals surface area contributed by atoms with Crippen molar-refractivity contribution in [3.05, 3.63) is 65.2 Å². The van der Waals surface area contributed by atoms with Crippen LogP contribution < -0.4 is 9.64 Å². The monoisotopic (exact) mass is 356 g/mol. The van der Waals surface area contributed by atoms with Gasteiger partial charge in [0.2, 0.25) is 5.72 Å². The van der Waals surface area contributed by atoms with Gasteiger partial charge in [0.1, 0.15) is 11.4 Å². The van der Waals surface area contributed by atoms with Crippen molar-refractivity contribution in [3.63, 3.8) is 0 Å². The summed E-state index contributed by atoms with van der Waals surface area (Å²) in [7, 11) is 2.12. The molecule has 0 bridgehead atoms. The summed E-state index contributed by atoms with van der Waals surface area (Å²) >= 11 is 0. The van der Waals surface area contributed by atoms with E-state index in [1.165, 1.54) is 27.8 Å². The van der Waals surface area contributed by atoms with Gasteiger partial charge in [-0.3, -0.25) is 4.99 Å². The molecular weight excluding hydrogens is 332 g/mol. The summed E-state index contributed by atoms with van der Waals surface area (Å²) in [6.07, 6.45) is 2.01. The molecule has 3 aromatic rings. The van der Waals surface area contributed by atoms with Crippen LogP contribution in [0.4, 0.5) is 11.4 Å². The molecule has 0 radical (unpaired) electrons. The average molecular weight is 356 g/mol. The molecule has 1 atom stereocenters. The molecule has 5 rings (SSSR count). The molecule has 0 aromatic heterocycles. The highest BCUT2D eigenvalue weighted by molar-refractivity contribution is 6.00. The summed E-state index contributed by atoms with van der Waals surface area (Å²) in [5.41, 5.74) is 5.22. The average Bonchev–Trinajstić information content (AvgIpc) is 2.83. The largest absolute Gasteiger partial charge is 0.459 e. The Balaban J connectivity index is 1.74. The quantitative estimate of drug-likeness (QED) is 0.518. The van der Waals surface area contributed by atoms with E-state index in [-0.39, 0.29) is 5.41 Å². The molecule has 2 heterocycles. The number of benzene rings is 3. The third-order valence-corrected chi connectivity index (χ3v) is 6.44. The number of ether oxygens (including phenoxy) is 1. The summed E-state index contributed by atoms with van der Waals surface area (Å²) < 4.78 is 6.79. The molecule has 0 N–H and O–H groups in total. The highest BCUT2D eigenvalue weighted by Gasteiger charge is 2.59. The second-order valence-electron chi connectivity index (χ2n) is 8.30. The van der Waals surface area contributed by atoms with Crippen molar-refractivity contribution in [3.8, 4) is 5.75 Å². The van der Waals surface area contributed by atoms with Crippen LogP contribution in [0.5, 0.6) is 5.75 Å². The van der Waals surface area contributed by atoms with Crippen LogP contribution >= 0.6 is 0 Å². The first-order valence-corrected chi connectivity index (χ1v) is 9.47. The van der Waals surface area contributed by atoms with Gasteiger partial charge in [-0.25, -0.2) is 0 Å². The van der Waals surface area contributed by atoms with Gasteiger partial charge < -0.3 is 9.64 Å². The second-order valence-corrected chi connectivity index (χ2v) is 8.30. The Bertz CT molecular complexity index is 1130. The molecular formula is C24H24N2O. The first kappa shape index (κ1) is 16.4. The number of fused-ring (bicyclic) bond motifs is 4. The third-order valence-electron chi connectivity index (χ3n) is 6.44. The summed E-state index contributed by atoms with van der Waals surface area (Å²) in [5.74, 6) is 0.847. The van der Waals surface area contributed by atoms with Crippen LogP contribution in [0.1, 0.15) is 30.5 Å². The topological polar surface area (TPSA) is 24.8 Å². The number of hydrogen-bond donors (Lipinski definition) is 0. The highest BCUT2D eigenvalue weighted by Crippen LogP contribution is 2.55. The summed E-state index contributed by atoms with van der Waals surface area (Å²) in [5, 5.41) is 2.31. The second kappa shape index (κ2) is 5.13. The Morgan fingerprint density at radius 1 is 0.926 bits per heavy atom. The standard InChI is InChI=1S/C24H24N2O/c1-15-10-11-16(2)22-20(15)23(3,4)24(26(22)5)14-25-21-18-9-7-6-8-17(18)12-13-19(21)27-24/h6-14H,1-5H3. The highest BCUT2D eigenvalue weighted by atomic mass is 16.5. The first-order valence-electron chi connectivity index (χ1n) is 9.47. The summed E-state index contributed by atoms with van der Waals surface area (Å²) in [6, 6.07) is 16.9. The van der Waals surface area contributed by atoms with Crippen LogP contribution in [0.3, 0.4) is 0 Å². The van der Waals surface area contributed by atoms with Gasteiger partial charge in [0, 0.05) is 18.1 Å². The number of nitrogens with zero attached hydrogens (tertiary/aromatic N) is 2. The minimum Gasteiger partial charge on any atom is -0.459 e. The molecule has 1 spiro atoms. The molecule has 1 unspecified atom stereocenters. The number of likely N-dealkylation sites (N-methyl/N-ethyl adjacent to an activating group) is 1. The molecule has 0 saturated carbocycles. The zero-order valence-electron chi connectivity index (χ0n) is 16.5. The van der Waals surface area contributed by atoms with E-state index in [1.54, 1.807) is 0 Å². The molecule has 3 aromatic carbocycles. The molecule has 0 aliphatic carbocycles. The van der Waals surface area contributed by atoms with E-state index in [4.69, 9.17) is 9.73 Å². The lowest BCUT2D eigenvalue weighted by Crippen LogP contribution is -2.61. The molecule has 27 heavy (non-hydrogen) atoms. The van der Waals surface area contributed by atoms with Gasteiger partial charge >= 0.3 is 0 Å². The van der Waals surface area contributed by atoms with E-state index in [9.17, 15) is 0 Å². The lowest BCUT2D eigenvalue weighted by atomic mass is 9.75. The van der Waals surface area contributed by atoms with Crippen LogP contribution in [-0.4, -0.2) is 19.0 Å². The fraction of sp³-hybridized carbons (Fsp3) is 0.292. The van der Waals surface area contributed by atoms with Crippen LogP contribution in [0.25, 0.3) is 10.8 Å². The van der Waals surface area contributed by atoms with E-state index >= 15 is 0 Å². The molecule has 136 valence electrons. The maximum absolute atomic E-state index is 6.79. The van der Waals surface area contributed by atoms with Crippen molar-refractivity contribution in [1.82, 2.24) is 0 Å². The van der Waals surface area contributed by atoms with Gasteiger partial charge in [-0.05, 0) is 55.8 Å². The van der Waals surface area contributed by atoms with E-state index in [2.05, 4.69) is 88.2 Å². The third kappa shape index (κ3) is 1.89. The summed E-state index contributed by atoms with van der Waals surface area (Å²) in [6.45, 7) is 8.89. The van der Waals surface area contributed by atoms with Crippen LogP contribution in [-0.2, 0) is 5.41 Å². The van der Waals surface area contributed by atoms with Crippen molar-refractivity contribution in [2.45, 2.75) is 38.8 Å². The molecule has 3 nitrogen and oxygen atoms in total. The fourth-order valence-electron chi connectivity index (χ4n) is 5.02. The van der Waals surface area contributed by atoms with Gasteiger partial charge in [0.15, 0.2) is 0 Å². The normalized spacial score (nSPS) is 22.0. The van der Waals surface area contributed by atoms with Gasteiger partial charge in [-0.1, -0.05) is 42.5 Å². The van der Waals surface area contributed by atoms with E-state index in [0.29, 0.717) is 0 Å². The SMILES string of the molecule is Cc1ccc(C)c2c1N(C)C1(C=Nc3c(ccc4ccccc34)O1)C2(C)C. The Labute approximate surface area is 160 Å². The molecule has 0 fully saturated rings. The van der Waals surface area contributed by atoms with Crippen LogP contribution in [0, 0.1) is 13.8 Å². The van der Waals surface area contributed by atoms with Crippen molar-refractivity contribution in [2.75, 3.05) is 11.9 Å². The Kier molecular flexibility index (Phi) is 3.11. The maximum Gasteiger partial charge on any atom is 0.228 e. The van der Waals surface area contributed by atoms with E-state index in [0.717, 1.165) is 16.8 Å². The van der Waals surface area contributed by atoms with Crippen molar-refractivity contribution >= 4 is 28.4 Å². The van der Waals surface area contributed by atoms with E-state index < -0.39 is 5.72 Å². The van der Waals surface area contributed by atoms with Gasteiger partial charge in [-0.2, -0.15) is 0 Å². The molecule has 2 aliphatic heterocycles. The maximum atomic E-state index is 6.79. The molecule has 2 aliphatic rings. The number of rotatable bonds is 0. The minimum absolute atomic E-state index is 0.236. The van der Waals surface area contributed by atoms with Crippen molar-refractivity contribution in [2.24, 2.45) is 4.99 Å². The predicted molar refractivity (Wildman–Crippen MR) is 113 cm³/mol. The van der Waals surface area contributed by atoms with Crippen molar-refractivity contribution in [1.29, 1.82) is 0 Å². The number of hydrogen-bond acceptors (Lipinski definition) is 3. The zero-order chi connectivity index (χ0) is 19.0. The summed E-state index contributed by atoms with van der Waals surface area (Å²) in [4.78, 5) is 7.22. The van der Waals surface area contributed by atoms with Crippen molar-refractivity contribution < 1.29 is 4.74 Å². The fourth-order valence-corrected chi connectivity index (χ4v) is 5.02. The van der Waals surface area contributed by atoms with E-state index in [1.807, 2.05) is 6.21 Å². The first-order chi connectivity index (χ1) is 12.9. The van der Waals surface area contributed by atoms with Gasteiger partial charge in [0.25, 0.3) is 0 Å². The van der Waals surface area contributed by atoms with Gasteiger partial charge in [0.05, 0.1) is 11.6 Å². The van der Waals surface area contributed by atoms with Gasteiger partial charge in [-0.15, -0.1) is 0 Å². The Hall–Kier alpha value is -2.81. The minimum atomic E-state index is -0.637. The lowest BCUT2D eigenvalue weighted by molar-refractivity contribution is 0.0824. The van der Waals surface area contributed by atoms with Crippen LogP contribution in [0.2, 0.25) is 0 Å². The van der Waals surface area contributed by atoms with Crippen LogP contribution in [0.15, 0.2) is 53.5 Å². The smallest absolute Gasteiger partial charge is 0.228 e.